The van der Waals surface area contributed by atoms with E-state index >= 15 is 0 Å². The molecule has 12 heteroatoms. The van der Waals surface area contributed by atoms with Gasteiger partial charge in [-0.1, -0.05) is 12.1 Å². The Morgan fingerprint density at radius 1 is 1.11 bits per heavy atom. The number of halogens is 7. The minimum atomic E-state index is -6.68. The van der Waals surface area contributed by atoms with Crippen molar-refractivity contribution < 1.29 is 54.8 Å². The summed E-state index contributed by atoms with van der Waals surface area (Å²) in [5, 5.41) is 10.2. The Morgan fingerprint density at radius 2 is 1.70 bits per heavy atom. The molecule has 0 radical (unpaired) electrons. The fraction of sp³-hybridized carbons (Fsp3) is 0.400. The molecule has 1 aromatic carbocycles. The minimum Gasteiger partial charge on any atom is -0.493 e. The highest BCUT2D eigenvalue weighted by Gasteiger charge is 2.76. The van der Waals surface area contributed by atoms with E-state index in [9.17, 15) is 40.6 Å². The van der Waals surface area contributed by atoms with Gasteiger partial charge in [0.1, 0.15) is 11.7 Å². The van der Waals surface area contributed by atoms with Gasteiger partial charge in [0.05, 0.1) is 14.2 Å². The number of carbonyl (C=O) groups is 1. The SMILES string of the molecule is COC(=O)C1=C(C(F)(F)C(F)(F)C(F)(F)F)Oc2c(OC)cccc2C1O. The molecule has 0 aromatic heterocycles. The van der Waals surface area contributed by atoms with Gasteiger partial charge in [-0.15, -0.1) is 0 Å². The lowest BCUT2D eigenvalue weighted by molar-refractivity contribution is -0.349. The third kappa shape index (κ3) is 3.07. The molecule has 1 N–H and O–H groups in total. The smallest absolute Gasteiger partial charge is 0.460 e. The van der Waals surface area contributed by atoms with E-state index in [0.29, 0.717) is 7.11 Å². The van der Waals surface area contributed by atoms with Gasteiger partial charge in [-0.3, -0.25) is 0 Å². The minimum absolute atomic E-state index is 0.348. The Morgan fingerprint density at radius 3 is 2.19 bits per heavy atom. The summed E-state index contributed by atoms with van der Waals surface area (Å²) in [4.78, 5) is 11.8. The second-order valence-electron chi connectivity index (χ2n) is 5.26. The van der Waals surface area contributed by atoms with E-state index < -0.39 is 47.2 Å². The number of ether oxygens (including phenoxy) is 3. The molecule has 0 fully saturated rings. The lowest BCUT2D eigenvalue weighted by Gasteiger charge is -2.34. The number of para-hydroxylation sites is 1. The van der Waals surface area contributed by atoms with Gasteiger partial charge in [0.15, 0.2) is 17.3 Å². The van der Waals surface area contributed by atoms with Crippen molar-refractivity contribution in [2.75, 3.05) is 14.2 Å². The zero-order valence-electron chi connectivity index (χ0n) is 13.5. The summed E-state index contributed by atoms with van der Waals surface area (Å²) in [7, 11) is 1.69. The maximum atomic E-state index is 14.2. The number of methoxy groups -OCH3 is 2. The first-order valence-electron chi connectivity index (χ1n) is 6.99. The Labute approximate surface area is 146 Å². The number of aliphatic hydroxyl groups is 1. The van der Waals surface area contributed by atoms with E-state index in [4.69, 9.17) is 4.74 Å². The number of alkyl halides is 7. The largest absolute Gasteiger partial charge is 0.493 e. The van der Waals surface area contributed by atoms with Gasteiger partial charge < -0.3 is 19.3 Å². The molecule has 1 heterocycles. The molecule has 1 aliphatic rings. The number of esters is 1. The van der Waals surface area contributed by atoms with E-state index in [1.54, 1.807) is 0 Å². The van der Waals surface area contributed by atoms with Gasteiger partial charge in [-0.05, 0) is 6.07 Å². The summed E-state index contributed by atoms with van der Waals surface area (Å²) in [6.07, 6.45) is -9.01. The highest BCUT2D eigenvalue weighted by molar-refractivity contribution is 5.91. The summed E-state index contributed by atoms with van der Waals surface area (Å²) in [6, 6.07) is 3.43. The maximum Gasteiger partial charge on any atom is 0.460 e. The fourth-order valence-corrected chi connectivity index (χ4v) is 2.32. The number of hydrogen-bond acceptors (Lipinski definition) is 5. The summed E-state index contributed by atoms with van der Waals surface area (Å²) in [5.41, 5.74) is -1.96. The highest BCUT2D eigenvalue weighted by Crippen LogP contribution is 2.54. The van der Waals surface area contributed by atoms with Crippen LogP contribution in [0, 0.1) is 0 Å². The summed E-state index contributed by atoms with van der Waals surface area (Å²) < 4.78 is 106. The Balaban J connectivity index is 2.78. The summed E-state index contributed by atoms with van der Waals surface area (Å²) >= 11 is 0. The molecule has 0 spiro atoms. The van der Waals surface area contributed by atoms with Crippen molar-refractivity contribution in [3.63, 3.8) is 0 Å². The summed E-state index contributed by atoms with van der Waals surface area (Å²) in [6.45, 7) is 0. The normalized spacial score (nSPS) is 17.9. The van der Waals surface area contributed by atoms with Crippen LogP contribution in [-0.4, -0.2) is 43.3 Å². The Bertz CT molecular complexity index is 785. The van der Waals surface area contributed by atoms with Crippen molar-refractivity contribution in [1.82, 2.24) is 0 Å². The lowest BCUT2D eigenvalue weighted by Crippen LogP contribution is -2.54. The molecule has 0 amide bonds. The Kier molecular flexibility index (Phi) is 5.08. The van der Waals surface area contributed by atoms with Crippen molar-refractivity contribution in [1.29, 1.82) is 0 Å². The average molecular weight is 404 g/mol. The van der Waals surface area contributed by atoms with E-state index in [-0.39, 0.29) is 11.3 Å². The summed E-state index contributed by atoms with van der Waals surface area (Å²) in [5.74, 6) is -17.9. The number of rotatable bonds is 4. The highest BCUT2D eigenvalue weighted by atomic mass is 19.4. The van der Waals surface area contributed by atoms with Crippen LogP contribution in [0.1, 0.15) is 11.7 Å². The molecule has 150 valence electrons. The van der Waals surface area contributed by atoms with Gasteiger partial charge in [-0.25, -0.2) is 4.79 Å². The second-order valence-corrected chi connectivity index (χ2v) is 5.26. The first kappa shape index (κ1) is 20.8. The van der Waals surface area contributed by atoms with E-state index in [1.165, 1.54) is 6.07 Å². The van der Waals surface area contributed by atoms with Gasteiger partial charge in [-0.2, -0.15) is 30.7 Å². The molecule has 1 unspecified atom stereocenters. The molecule has 27 heavy (non-hydrogen) atoms. The number of allylic oxidation sites excluding steroid dienone is 1. The van der Waals surface area contributed by atoms with Crippen LogP contribution >= 0.6 is 0 Å². The Hall–Kier alpha value is -2.50. The van der Waals surface area contributed by atoms with Crippen LogP contribution in [0.15, 0.2) is 29.5 Å². The molecule has 1 aliphatic heterocycles. The molecule has 0 bridgehead atoms. The molecule has 0 aliphatic carbocycles. The predicted molar refractivity (Wildman–Crippen MR) is 73.6 cm³/mol. The van der Waals surface area contributed by atoms with Gasteiger partial charge >= 0.3 is 24.0 Å². The molecular formula is C15H11F7O5. The van der Waals surface area contributed by atoms with Crippen LogP contribution in [0.25, 0.3) is 0 Å². The lowest BCUT2D eigenvalue weighted by atomic mass is 9.93. The van der Waals surface area contributed by atoms with Crippen molar-refractivity contribution in [3.05, 3.63) is 35.1 Å². The standard InChI is InChI=1S/C15H11F7O5/c1-25-7-5-3-4-6-9(23)8(12(24)26-2)11(27-10(6)7)13(16,17)14(18,19)15(20,21)22/h3-5,9,23H,1-2H3. The molecule has 5 nitrogen and oxygen atoms in total. The molecule has 1 aromatic rings. The third-order valence-electron chi connectivity index (χ3n) is 3.69. The van der Waals surface area contributed by atoms with Crippen LogP contribution in [0.3, 0.4) is 0 Å². The molecular weight excluding hydrogens is 393 g/mol. The van der Waals surface area contributed by atoms with Crippen molar-refractivity contribution >= 4 is 5.97 Å². The topological polar surface area (TPSA) is 65.0 Å². The van der Waals surface area contributed by atoms with Gasteiger partial charge in [0.2, 0.25) is 0 Å². The van der Waals surface area contributed by atoms with E-state index in [2.05, 4.69) is 9.47 Å². The molecule has 1 atom stereocenters. The number of carbonyl (C=O) groups excluding carboxylic acids is 1. The molecule has 0 saturated heterocycles. The number of aliphatic hydroxyl groups excluding tert-OH is 1. The predicted octanol–water partition coefficient (Wildman–Crippen LogP) is 3.38. The van der Waals surface area contributed by atoms with E-state index in [0.717, 1.165) is 19.2 Å². The zero-order chi connectivity index (χ0) is 20.8. The van der Waals surface area contributed by atoms with Crippen LogP contribution in [0.5, 0.6) is 11.5 Å². The van der Waals surface area contributed by atoms with Crippen molar-refractivity contribution in [3.8, 4) is 11.5 Å². The fourth-order valence-electron chi connectivity index (χ4n) is 2.32. The number of benzene rings is 1. The average Bonchev–Trinajstić information content (AvgIpc) is 2.59. The molecule has 2 rings (SSSR count). The van der Waals surface area contributed by atoms with Crippen molar-refractivity contribution in [2.24, 2.45) is 0 Å². The van der Waals surface area contributed by atoms with Gasteiger partial charge in [0, 0.05) is 5.56 Å². The first-order valence-corrected chi connectivity index (χ1v) is 6.99. The third-order valence-corrected chi connectivity index (χ3v) is 3.69. The number of fused-ring (bicyclic) bond motifs is 1. The second kappa shape index (κ2) is 6.59. The zero-order valence-corrected chi connectivity index (χ0v) is 13.5. The van der Waals surface area contributed by atoms with Gasteiger partial charge in [0.25, 0.3) is 0 Å². The monoisotopic (exact) mass is 404 g/mol. The van der Waals surface area contributed by atoms with Crippen molar-refractivity contribution in [2.45, 2.75) is 24.1 Å². The quantitative estimate of drug-likeness (QED) is 0.616. The molecule has 0 saturated carbocycles. The van der Waals surface area contributed by atoms with Crippen LogP contribution in [0.4, 0.5) is 30.7 Å². The van der Waals surface area contributed by atoms with Crippen LogP contribution < -0.4 is 9.47 Å². The van der Waals surface area contributed by atoms with Crippen LogP contribution in [-0.2, 0) is 9.53 Å². The van der Waals surface area contributed by atoms with E-state index in [1.807, 2.05) is 0 Å². The maximum absolute atomic E-state index is 14.2. The first-order chi connectivity index (χ1) is 12.3. The van der Waals surface area contributed by atoms with Crippen LogP contribution in [0.2, 0.25) is 0 Å². The number of hydrogen-bond donors (Lipinski definition) is 1.